The monoisotopic (exact) mass is 211 g/mol. The molecule has 0 aliphatic carbocycles. The lowest BCUT2D eigenvalue weighted by Crippen LogP contribution is -2.54. The lowest BCUT2D eigenvalue weighted by molar-refractivity contribution is 0.0765. The number of piperazine rings is 1. The molecule has 4 nitrogen and oxygen atoms in total. The van der Waals surface area contributed by atoms with E-state index in [1.807, 2.05) is 13.8 Å². The molecule has 0 amide bonds. The molecule has 0 aromatic carbocycles. The number of aliphatic hydroxyl groups is 1. The fourth-order valence-corrected chi connectivity index (χ4v) is 1.90. The van der Waals surface area contributed by atoms with Crippen molar-refractivity contribution in [1.29, 1.82) is 5.26 Å². The minimum atomic E-state index is -0.344. The number of nitrogens with zero attached hydrogens (tertiary/aromatic N) is 3. The molecule has 0 atom stereocenters. The van der Waals surface area contributed by atoms with Crippen LogP contribution in [0.25, 0.3) is 0 Å². The van der Waals surface area contributed by atoms with Gasteiger partial charge in [-0.15, -0.1) is 0 Å². The molecule has 15 heavy (non-hydrogen) atoms. The number of hydrogen-bond donors (Lipinski definition) is 1. The largest absolute Gasteiger partial charge is 0.396 e. The van der Waals surface area contributed by atoms with Crippen molar-refractivity contribution in [1.82, 2.24) is 9.80 Å². The molecule has 1 heterocycles. The fourth-order valence-electron chi connectivity index (χ4n) is 1.90. The summed E-state index contributed by atoms with van der Waals surface area (Å²) in [6.07, 6.45) is 0.849. The van der Waals surface area contributed by atoms with Crippen molar-refractivity contribution in [2.45, 2.75) is 25.8 Å². The van der Waals surface area contributed by atoms with Crippen LogP contribution in [0.2, 0.25) is 0 Å². The van der Waals surface area contributed by atoms with Gasteiger partial charge < -0.3 is 10.0 Å². The molecule has 0 aromatic heterocycles. The lowest BCUT2D eigenvalue weighted by Gasteiger charge is -2.40. The molecular formula is C11H21N3O. The summed E-state index contributed by atoms with van der Waals surface area (Å²) < 4.78 is 0. The topological polar surface area (TPSA) is 50.5 Å². The van der Waals surface area contributed by atoms with Crippen LogP contribution in [0.1, 0.15) is 20.3 Å². The highest BCUT2D eigenvalue weighted by Gasteiger charge is 2.29. The summed E-state index contributed by atoms with van der Waals surface area (Å²) in [6.45, 7) is 9.09. The van der Waals surface area contributed by atoms with E-state index < -0.39 is 0 Å². The summed E-state index contributed by atoms with van der Waals surface area (Å²) >= 11 is 0. The Morgan fingerprint density at radius 3 is 2.33 bits per heavy atom. The van der Waals surface area contributed by atoms with E-state index in [4.69, 9.17) is 10.4 Å². The van der Waals surface area contributed by atoms with Crippen LogP contribution < -0.4 is 0 Å². The maximum atomic E-state index is 9.02. The first kappa shape index (κ1) is 12.4. The molecule has 0 spiro atoms. The predicted molar refractivity (Wildman–Crippen MR) is 59.4 cm³/mol. The molecule has 0 radical (unpaired) electrons. The van der Waals surface area contributed by atoms with Crippen molar-refractivity contribution >= 4 is 0 Å². The first-order valence-corrected chi connectivity index (χ1v) is 5.59. The van der Waals surface area contributed by atoms with Crippen LogP contribution in [0.5, 0.6) is 0 Å². The van der Waals surface area contributed by atoms with Gasteiger partial charge in [-0.2, -0.15) is 5.26 Å². The van der Waals surface area contributed by atoms with Gasteiger partial charge in [-0.05, 0) is 20.3 Å². The molecule has 0 unspecified atom stereocenters. The van der Waals surface area contributed by atoms with E-state index in [1.165, 1.54) is 0 Å². The van der Waals surface area contributed by atoms with Crippen LogP contribution in [0.3, 0.4) is 0 Å². The average molecular weight is 211 g/mol. The Bertz CT molecular complexity index is 226. The summed E-state index contributed by atoms with van der Waals surface area (Å²) in [4.78, 5) is 4.57. The quantitative estimate of drug-likeness (QED) is 0.726. The molecular weight excluding hydrogens is 190 g/mol. The lowest BCUT2D eigenvalue weighted by atomic mass is 10.0. The third kappa shape index (κ3) is 3.45. The first-order valence-electron chi connectivity index (χ1n) is 5.59. The van der Waals surface area contributed by atoms with Crippen LogP contribution in [-0.4, -0.2) is 59.8 Å². The second kappa shape index (κ2) is 5.45. The highest BCUT2D eigenvalue weighted by Crippen LogP contribution is 2.15. The molecule has 1 saturated heterocycles. The van der Waals surface area contributed by atoms with E-state index >= 15 is 0 Å². The summed E-state index contributed by atoms with van der Waals surface area (Å²) in [5, 5.41) is 17.8. The Kier molecular flexibility index (Phi) is 4.52. The fraction of sp³-hybridized carbons (Fsp3) is 0.909. The first-order chi connectivity index (χ1) is 7.10. The minimum Gasteiger partial charge on any atom is -0.396 e. The van der Waals surface area contributed by atoms with E-state index in [2.05, 4.69) is 15.9 Å². The molecule has 0 aromatic rings. The van der Waals surface area contributed by atoms with Crippen molar-refractivity contribution in [3.63, 3.8) is 0 Å². The van der Waals surface area contributed by atoms with Gasteiger partial charge in [0.15, 0.2) is 0 Å². The highest BCUT2D eigenvalue weighted by atomic mass is 16.3. The summed E-state index contributed by atoms with van der Waals surface area (Å²) in [7, 11) is 0. The summed E-state index contributed by atoms with van der Waals surface area (Å²) in [5.74, 6) is 0. The molecule has 86 valence electrons. The van der Waals surface area contributed by atoms with Crippen LogP contribution >= 0.6 is 0 Å². The molecule has 1 N–H and O–H groups in total. The van der Waals surface area contributed by atoms with Crippen LogP contribution in [0, 0.1) is 11.3 Å². The number of nitriles is 1. The number of hydrogen-bond acceptors (Lipinski definition) is 4. The Morgan fingerprint density at radius 1 is 1.27 bits per heavy atom. The third-order valence-electron chi connectivity index (χ3n) is 3.07. The second-order valence-corrected chi connectivity index (χ2v) is 4.58. The van der Waals surface area contributed by atoms with Crippen LogP contribution in [0.4, 0.5) is 0 Å². The number of aliphatic hydroxyl groups excluding tert-OH is 1. The third-order valence-corrected chi connectivity index (χ3v) is 3.07. The van der Waals surface area contributed by atoms with Gasteiger partial charge in [0, 0.05) is 39.3 Å². The molecule has 4 heteroatoms. The van der Waals surface area contributed by atoms with E-state index in [1.54, 1.807) is 0 Å². The Balaban J connectivity index is 2.33. The molecule has 1 fully saturated rings. The van der Waals surface area contributed by atoms with E-state index in [-0.39, 0.29) is 12.1 Å². The summed E-state index contributed by atoms with van der Waals surface area (Å²) in [6, 6.07) is 2.34. The van der Waals surface area contributed by atoms with E-state index in [0.717, 1.165) is 39.1 Å². The van der Waals surface area contributed by atoms with Gasteiger partial charge in [-0.3, -0.25) is 4.90 Å². The van der Waals surface area contributed by atoms with Gasteiger partial charge in [0.05, 0.1) is 6.07 Å². The molecule has 0 saturated carbocycles. The van der Waals surface area contributed by atoms with E-state index in [0.29, 0.717) is 0 Å². The van der Waals surface area contributed by atoms with Crippen molar-refractivity contribution in [2.75, 3.05) is 39.3 Å². The maximum Gasteiger partial charge on any atom is 0.103 e. The maximum absolute atomic E-state index is 9.02. The minimum absolute atomic E-state index is 0.268. The highest BCUT2D eigenvalue weighted by molar-refractivity contribution is 5.02. The van der Waals surface area contributed by atoms with Gasteiger partial charge in [0.25, 0.3) is 0 Å². The van der Waals surface area contributed by atoms with Crippen molar-refractivity contribution in [2.24, 2.45) is 0 Å². The van der Waals surface area contributed by atoms with E-state index in [9.17, 15) is 0 Å². The van der Waals surface area contributed by atoms with Gasteiger partial charge in [0.1, 0.15) is 5.54 Å². The molecule has 1 rings (SSSR count). The zero-order chi connectivity index (χ0) is 11.3. The number of rotatable bonds is 4. The Hall–Kier alpha value is -0.630. The second-order valence-electron chi connectivity index (χ2n) is 4.58. The van der Waals surface area contributed by atoms with Gasteiger partial charge in [0.2, 0.25) is 0 Å². The van der Waals surface area contributed by atoms with Crippen molar-refractivity contribution in [3.8, 4) is 6.07 Å². The smallest absolute Gasteiger partial charge is 0.103 e. The van der Waals surface area contributed by atoms with Gasteiger partial charge in [-0.1, -0.05) is 0 Å². The van der Waals surface area contributed by atoms with Crippen molar-refractivity contribution in [3.05, 3.63) is 0 Å². The molecule has 1 aliphatic rings. The zero-order valence-electron chi connectivity index (χ0n) is 9.74. The van der Waals surface area contributed by atoms with Gasteiger partial charge >= 0.3 is 0 Å². The SMILES string of the molecule is CC(C)(C#N)N1CCN(CCCO)CC1. The molecule has 1 aliphatic heterocycles. The van der Waals surface area contributed by atoms with Crippen molar-refractivity contribution < 1.29 is 5.11 Å². The molecule has 0 bridgehead atoms. The van der Waals surface area contributed by atoms with Crippen LogP contribution in [-0.2, 0) is 0 Å². The predicted octanol–water partition coefficient (Wildman–Crippen LogP) is 0.289. The Labute approximate surface area is 92.1 Å². The Morgan fingerprint density at radius 2 is 1.87 bits per heavy atom. The standard InChI is InChI=1S/C11H21N3O/c1-11(2,10-12)14-7-5-13(6-8-14)4-3-9-15/h15H,3-9H2,1-2H3. The average Bonchev–Trinajstić information content (AvgIpc) is 2.27. The normalized spacial score (nSPS) is 20.1. The van der Waals surface area contributed by atoms with Gasteiger partial charge in [-0.25, -0.2) is 0 Å². The summed E-state index contributed by atoms with van der Waals surface area (Å²) in [5.41, 5.74) is -0.344. The van der Waals surface area contributed by atoms with Crippen LogP contribution in [0.15, 0.2) is 0 Å². The zero-order valence-corrected chi connectivity index (χ0v) is 9.74.